The van der Waals surface area contributed by atoms with E-state index in [1.165, 1.54) is 0 Å². The van der Waals surface area contributed by atoms with Gasteiger partial charge < -0.3 is 9.84 Å². The summed E-state index contributed by atoms with van der Waals surface area (Å²) >= 11 is 11.5. The zero-order valence-corrected chi connectivity index (χ0v) is 18.9. The molecule has 7 nitrogen and oxygen atoms in total. The minimum absolute atomic E-state index is 0.176. The van der Waals surface area contributed by atoms with E-state index in [2.05, 4.69) is 68.5 Å². The first kappa shape index (κ1) is 23.8. The number of carboxylic acid groups (broad SMARTS) is 1. The van der Waals surface area contributed by atoms with Gasteiger partial charge in [-0.25, -0.2) is 9.59 Å². The number of hydrogen-bond acceptors (Lipinski definition) is 5. The predicted octanol–water partition coefficient (Wildman–Crippen LogP) is 4.41. The summed E-state index contributed by atoms with van der Waals surface area (Å²) in [6, 6.07) is 0. The molecule has 0 aliphatic rings. The minimum Gasteiger partial charge on any atom is -0.478 e. The van der Waals surface area contributed by atoms with E-state index < -0.39 is 45.7 Å². The summed E-state index contributed by atoms with van der Waals surface area (Å²) in [7, 11) is -5.11. The highest BCUT2D eigenvalue weighted by atomic mass is 79.9. The van der Waals surface area contributed by atoms with Gasteiger partial charge in [0.05, 0.1) is 11.1 Å². The van der Waals surface area contributed by atoms with E-state index in [0.29, 0.717) is 0 Å². The number of benzene rings is 1. The lowest BCUT2D eigenvalue weighted by molar-refractivity contribution is -0.197. The van der Waals surface area contributed by atoms with E-state index in [9.17, 15) is 31.2 Å². The number of hydrogen-bond donors (Lipinski definition) is 2. The van der Waals surface area contributed by atoms with Crippen molar-refractivity contribution in [3.05, 3.63) is 29.0 Å². The fourth-order valence-electron chi connectivity index (χ4n) is 1.57. The normalized spacial score (nSPS) is 13.4. The first-order chi connectivity index (χ1) is 11.6. The van der Waals surface area contributed by atoms with Crippen molar-refractivity contribution in [2.24, 2.45) is 0 Å². The third-order valence-electron chi connectivity index (χ3n) is 2.66. The Morgan fingerprint density at radius 3 is 1.69 bits per heavy atom. The molecular weight excluding hydrogens is 653 g/mol. The highest BCUT2D eigenvalue weighted by molar-refractivity contribution is 9.14. The van der Waals surface area contributed by atoms with Crippen LogP contribution in [0.15, 0.2) is 17.9 Å². The molecule has 26 heavy (non-hydrogen) atoms. The number of carboxylic acids is 1. The fraction of sp³-hybridized carbons (Fsp3) is 0.273. The quantitative estimate of drug-likeness (QED) is 0.274. The van der Waals surface area contributed by atoms with Crippen LogP contribution >= 0.6 is 63.7 Å². The first-order valence-corrected chi connectivity index (χ1v) is 10.7. The zero-order chi connectivity index (χ0) is 20.6. The second-order valence-electron chi connectivity index (χ2n) is 4.50. The molecule has 0 bridgehead atoms. The van der Waals surface area contributed by atoms with Gasteiger partial charge in [-0.1, -0.05) is 0 Å². The molecule has 0 aromatic heterocycles. The highest BCUT2D eigenvalue weighted by Crippen LogP contribution is 2.42. The Hall–Kier alpha value is -0.220. The van der Waals surface area contributed by atoms with Gasteiger partial charge in [-0.2, -0.15) is 21.6 Å². The maximum Gasteiger partial charge on any atom is 0.426 e. The monoisotopic (exact) mass is 654 g/mol. The lowest BCUT2D eigenvalue weighted by atomic mass is 10.1. The molecule has 0 aliphatic carbocycles. The van der Waals surface area contributed by atoms with Gasteiger partial charge in [-0.15, -0.1) is 0 Å². The highest BCUT2D eigenvalue weighted by Gasteiger charge is 2.46. The standard InChI is InChI=1S/C11H5Br4F3O7S/c12-5-3(9(19)20)6(13)8(15)4(7(5)14)10(21)25-2(11(16,17)18)1-26(22,23)24/h2H,1H2,(H,19,20)(H,22,23,24). The van der Waals surface area contributed by atoms with Gasteiger partial charge in [0.1, 0.15) is 5.75 Å². The molecule has 2 N–H and O–H groups in total. The van der Waals surface area contributed by atoms with Crippen molar-refractivity contribution in [3.8, 4) is 0 Å². The SMILES string of the molecule is O=C(O)c1c(Br)c(Br)c(C(=O)OC(CS(=O)(=O)O)C(F)(F)F)c(Br)c1Br. The van der Waals surface area contributed by atoms with Gasteiger partial charge in [0, 0.05) is 17.9 Å². The Labute approximate surface area is 177 Å². The van der Waals surface area contributed by atoms with Crippen molar-refractivity contribution >= 4 is 85.8 Å². The van der Waals surface area contributed by atoms with Gasteiger partial charge in [0.25, 0.3) is 10.1 Å². The molecule has 1 aromatic rings. The number of alkyl halides is 3. The van der Waals surface area contributed by atoms with Crippen LogP contribution < -0.4 is 0 Å². The molecule has 0 saturated carbocycles. The van der Waals surface area contributed by atoms with Gasteiger partial charge in [0.2, 0.25) is 6.10 Å². The minimum atomic E-state index is -5.28. The number of rotatable bonds is 5. The van der Waals surface area contributed by atoms with Crippen LogP contribution in [0.25, 0.3) is 0 Å². The Morgan fingerprint density at radius 2 is 1.38 bits per heavy atom. The summed E-state index contributed by atoms with van der Waals surface area (Å²) in [5, 5.41) is 9.14. The molecule has 0 radical (unpaired) electrons. The molecule has 15 heteroatoms. The number of carbonyl (C=O) groups excluding carboxylic acids is 1. The molecule has 1 unspecified atom stereocenters. The molecule has 0 saturated heterocycles. The number of halogens is 7. The molecule has 0 heterocycles. The van der Waals surface area contributed by atoms with Crippen molar-refractivity contribution in [2.45, 2.75) is 12.3 Å². The van der Waals surface area contributed by atoms with Gasteiger partial charge >= 0.3 is 18.1 Å². The largest absolute Gasteiger partial charge is 0.478 e. The number of ether oxygens (including phenoxy) is 1. The Balaban J connectivity index is 3.43. The number of aromatic carboxylic acids is 1. The van der Waals surface area contributed by atoms with Crippen molar-refractivity contribution in [1.82, 2.24) is 0 Å². The smallest absolute Gasteiger partial charge is 0.426 e. The van der Waals surface area contributed by atoms with Crippen molar-refractivity contribution < 1.29 is 45.6 Å². The summed E-state index contributed by atoms with van der Waals surface area (Å²) < 4.78 is 72.1. The molecular formula is C11H5Br4F3O7S. The maximum atomic E-state index is 12.9. The molecule has 146 valence electrons. The van der Waals surface area contributed by atoms with Gasteiger partial charge in [0.15, 0.2) is 0 Å². The van der Waals surface area contributed by atoms with E-state index in [1.807, 2.05) is 0 Å². The summed E-state index contributed by atoms with van der Waals surface area (Å²) in [5.74, 6) is -4.93. The Bertz CT molecular complexity index is 841. The average Bonchev–Trinajstić information content (AvgIpc) is 2.42. The van der Waals surface area contributed by atoms with Gasteiger partial charge in [-0.05, 0) is 63.7 Å². The second kappa shape index (κ2) is 8.43. The summed E-state index contributed by atoms with van der Waals surface area (Å²) in [5.41, 5.74) is -0.885. The summed E-state index contributed by atoms with van der Waals surface area (Å²) in [6.45, 7) is 0. The summed E-state index contributed by atoms with van der Waals surface area (Å²) in [6.07, 6.45) is -8.42. The summed E-state index contributed by atoms with van der Waals surface area (Å²) in [4.78, 5) is 23.4. The average molecular weight is 658 g/mol. The molecule has 0 spiro atoms. The fourth-order valence-corrected chi connectivity index (χ4v) is 4.99. The third kappa shape index (κ3) is 5.64. The first-order valence-electron chi connectivity index (χ1n) is 5.90. The predicted molar refractivity (Wildman–Crippen MR) is 95.9 cm³/mol. The molecule has 1 aromatic carbocycles. The van der Waals surface area contributed by atoms with E-state index >= 15 is 0 Å². The Morgan fingerprint density at radius 1 is 1.00 bits per heavy atom. The van der Waals surface area contributed by atoms with Crippen LogP contribution in [0.1, 0.15) is 20.7 Å². The van der Waals surface area contributed by atoms with Crippen LogP contribution in [0, 0.1) is 0 Å². The number of carbonyl (C=O) groups is 2. The van der Waals surface area contributed by atoms with Crippen LogP contribution in [0.3, 0.4) is 0 Å². The molecule has 0 aliphatic heterocycles. The van der Waals surface area contributed by atoms with E-state index in [-0.39, 0.29) is 23.5 Å². The van der Waals surface area contributed by atoms with Crippen molar-refractivity contribution in [3.63, 3.8) is 0 Å². The Kier molecular flexibility index (Phi) is 7.72. The topological polar surface area (TPSA) is 118 Å². The van der Waals surface area contributed by atoms with Crippen molar-refractivity contribution in [2.75, 3.05) is 5.75 Å². The van der Waals surface area contributed by atoms with Gasteiger partial charge in [-0.3, -0.25) is 4.55 Å². The molecule has 0 amide bonds. The van der Waals surface area contributed by atoms with Crippen molar-refractivity contribution in [1.29, 1.82) is 0 Å². The molecule has 1 atom stereocenters. The third-order valence-corrected chi connectivity index (χ3v) is 7.62. The lowest BCUT2D eigenvalue weighted by Gasteiger charge is -2.21. The van der Waals surface area contributed by atoms with E-state index in [0.717, 1.165) is 0 Å². The van der Waals surface area contributed by atoms with E-state index in [4.69, 9.17) is 9.66 Å². The van der Waals surface area contributed by atoms with Crippen LogP contribution in [-0.2, 0) is 14.9 Å². The lowest BCUT2D eigenvalue weighted by Crippen LogP contribution is -2.39. The van der Waals surface area contributed by atoms with Crippen LogP contribution in [-0.4, -0.2) is 48.0 Å². The maximum absolute atomic E-state index is 12.9. The second-order valence-corrected chi connectivity index (χ2v) is 9.16. The number of esters is 1. The molecule has 0 fully saturated rings. The van der Waals surface area contributed by atoms with E-state index in [1.54, 1.807) is 0 Å². The molecule has 1 rings (SSSR count). The van der Waals surface area contributed by atoms with Crippen LogP contribution in [0.2, 0.25) is 0 Å². The van der Waals surface area contributed by atoms with Crippen LogP contribution in [0.4, 0.5) is 13.2 Å². The van der Waals surface area contributed by atoms with Crippen LogP contribution in [0.5, 0.6) is 0 Å². The zero-order valence-electron chi connectivity index (χ0n) is 11.8.